The highest BCUT2D eigenvalue weighted by molar-refractivity contribution is 8.76. The van der Waals surface area contributed by atoms with E-state index in [-0.39, 0.29) is 5.91 Å². The molecule has 2 rings (SSSR count). The van der Waals surface area contributed by atoms with Crippen LogP contribution in [0.2, 0.25) is 0 Å². The molecule has 7 heteroatoms. The molecule has 2 heterocycles. The first-order chi connectivity index (χ1) is 9.69. The zero-order valence-electron chi connectivity index (χ0n) is 11.6. The number of aromatic nitrogens is 2. The quantitative estimate of drug-likeness (QED) is 0.587. The minimum atomic E-state index is 0.0219. The van der Waals surface area contributed by atoms with Crippen molar-refractivity contribution in [1.82, 2.24) is 10.2 Å². The minimum absolute atomic E-state index is 0.0219. The van der Waals surface area contributed by atoms with Crippen LogP contribution in [0.3, 0.4) is 0 Å². The lowest BCUT2D eigenvalue weighted by Crippen LogP contribution is -2.12. The summed E-state index contributed by atoms with van der Waals surface area (Å²) in [4.78, 5) is 13.0. The van der Waals surface area contributed by atoms with Gasteiger partial charge in [-0.1, -0.05) is 41.5 Å². The van der Waals surface area contributed by atoms with Gasteiger partial charge in [-0.25, -0.2) is 0 Å². The van der Waals surface area contributed by atoms with E-state index in [1.165, 1.54) is 4.91 Å². The van der Waals surface area contributed by atoms with Crippen molar-refractivity contribution in [3.8, 4) is 0 Å². The number of aromatic amines is 1. The molecule has 2 N–H and O–H groups in total. The molecule has 1 aliphatic heterocycles. The van der Waals surface area contributed by atoms with Crippen LogP contribution in [0.4, 0.5) is 5.82 Å². The fourth-order valence-electron chi connectivity index (χ4n) is 1.74. The Morgan fingerprint density at radius 3 is 3.15 bits per heavy atom. The number of thioether (sulfide) groups is 1. The molecule has 1 aromatic heterocycles. The first-order valence-corrected chi connectivity index (χ1v) is 10.1. The molecule has 0 unspecified atom stereocenters. The number of carbonyl (C=O) groups excluding carboxylic acids is 1. The van der Waals surface area contributed by atoms with E-state index in [4.69, 9.17) is 0 Å². The lowest BCUT2D eigenvalue weighted by molar-refractivity contribution is -0.115. The van der Waals surface area contributed by atoms with Gasteiger partial charge in [-0.3, -0.25) is 9.89 Å². The summed E-state index contributed by atoms with van der Waals surface area (Å²) in [5.74, 6) is 4.25. The zero-order chi connectivity index (χ0) is 14.4. The van der Waals surface area contributed by atoms with E-state index in [0.717, 1.165) is 23.0 Å². The van der Waals surface area contributed by atoms with Gasteiger partial charge in [0.1, 0.15) is 0 Å². The lowest BCUT2D eigenvalue weighted by Gasteiger charge is -2.00. The largest absolute Gasteiger partial charge is 0.309 e. The standard InChI is InChI=1S/C13H19N3OS3/c1-3-19-20-5-4-13(17)14-12-7-10(15-16-12)11-6-9(2)8-18-11/h6-7,9H,3-5,8H2,1-2H3,(H2,14,15,16,17)/t9-/m0/s1. The Hall–Kier alpha value is -0.530. The van der Waals surface area contributed by atoms with Crippen LogP contribution in [0.25, 0.3) is 4.91 Å². The van der Waals surface area contributed by atoms with Crippen molar-refractivity contribution in [2.45, 2.75) is 20.3 Å². The van der Waals surface area contributed by atoms with Crippen molar-refractivity contribution in [1.29, 1.82) is 0 Å². The van der Waals surface area contributed by atoms with Crippen molar-refractivity contribution < 1.29 is 4.79 Å². The van der Waals surface area contributed by atoms with Crippen LogP contribution < -0.4 is 5.32 Å². The SMILES string of the molecule is CCSSCCC(=O)Nc1cc(C2=C[C@H](C)CS2)[nH]n1. The molecule has 0 radical (unpaired) electrons. The van der Waals surface area contributed by atoms with E-state index in [9.17, 15) is 4.79 Å². The van der Waals surface area contributed by atoms with E-state index >= 15 is 0 Å². The number of rotatable bonds is 7. The third kappa shape index (κ3) is 4.79. The number of carbonyl (C=O) groups is 1. The Bertz CT molecular complexity index is 487. The van der Waals surface area contributed by atoms with Crippen LogP contribution in [-0.4, -0.2) is 33.4 Å². The molecule has 1 aliphatic rings. The van der Waals surface area contributed by atoms with Crippen LogP contribution in [0.5, 0.6) is 0 Å². The number of nitrogens with one attached hydrogen (secondary N) is 2. The molecular weight excluding hydrogens is 310 g/mol. The van der Waals surface area contributed by atoms with Crippen molar-refractivity contribution in [2.75, 3.05) is 22.6 Å². The van der Waals surface area contributed by atoms with Gasteiger partial charge in [0.05, 0.1) is 5.69 Å². The maximum Gasteiger partial charge on any atom is 0.226 e. The average molecular weight is 330 g/mol. The molecule has 0 aliphatic carbocycles. The highest BCUT2D eigenvalue weighted by Gasteiger charge is 2.16. The molecule has 0 saturated carbocycles. The summed E-state index contributed by atoms with van der Waals surface area (Å²) in [7, 11) is 3.52. The second-order valence-corrected chi connectivity index (χ2v) is 8.45. The van der Waals surface area contributed by atoms with Gasteiger partial charge < -0.3 is 5.32 Å². The molecule has 0 spiro atoms. The third-order valence-corrected chi connectivity index (χ3v) is 6.50. The summed E-state index contributed by atoms with van der Waals surface area (Å²) < 4.78 is 0. The summed E-state index contributed by atoms with van der Waals surface area (Å²) in [5.41, 5.74) is 0.991. The van der Waals surface area contributed by atoms with Gasteiger partial charge in [-0.05, 0) is 5.92 Å². The summed E-state index contributed by atoms with van der Waals surface area (Å²) in [6, 6.07) is 1.91. The number of anilines is 1. The molecule has 1 atom stereocenters. The summed E-state index contributed by atoms with van der Waals surface area (Å²) in [6.07, 6.45) is 2.76. The molecule has 0 fully saturated rings. The minimum Gasteiger partial charge on any atom is -0.309 e. The summed E-state index contributed by atoms with van der Waals surface area (Å²) in [5, 5.41) is 9.97. The number of hydrogen-bond donors (Lipinski definition) is 2. The van der Waals surface area contributed by atoms with E-state index < -0.39 is 0 Å². The monoisotopic (exact) mass is 329 g/mol. The molecular formula is C13H19N3OS3. The molecule has 4 nitrogen and oxygen atoms in total. The third-order valence-electron chi connectivity index (χ3n) is 2.66. The normalized spacial score (nSPS) is 18.1. The van der Waals surface area contributed by atoms with Gasteiger partial charge in [0.25, 0.3) is 0 Å². The van der Waals surface area contributed by atoms with E-state index in [1.807, 2.05) is 17.8 Å². The van der Waals surface area contributed by atoms with E-state index in [0.29, 0.717) is 18.2 Å². The number of H-pyrrole nitrogens is 1. The molecule has 110 valence electrons. The van der Waals surface area contributed by atoms with Gasteiger partial charge in [-0.2, -0.15) is 5.10 Å². The molecule has 1 amide bonds. The maximum absolute atomic E-state index is 11.8. The van der Waals surface area contributed by atoms with Crippen molar-refractivity contribution >= 4 is 50.0 Å². The number of amides is 1. The van der Waals surface area contributed by atoms with Gasteiger partial charge in [0.2, 0.25) is 5.91 Å². The van der Waals surface area contributed by atoms with Crippen molar-refractivity contribution in [3.05, 3.63) is 17.8 Å². The molecule has 1 aromatic rings. The Balaban J connectivity index is 1.80. The lowest BCUT2D eigenvalue weighted by atomic mass is 10.2. The topological polar surface area (TPSA) is 57.8 Å². The van der Waals surface area contributed by atoms with Crippen LogP contribution in [-0.2, 0) is 4.79 Å². The average Bonchev–Trinajstić information content (AvgIpc) is 3.04. The van der Waals surface area contributed by atoms with Gasteiger partial charge in [0.15, 0.2) is 5.82 Å². The number of allylic oxidation sites excluding steroid dienone is 1. The number of nitrogens with zero attached hydrogens (tertiary/aromatic N) is 1. The smallest absolute Gasteiger partial charge is 0.226 e. The second kappa shape index (κ2) is 8.05. The van der Waals surface area contributed by atoms with Crippen LogP contribution in [0.1, 0.15) is 26.0 Å². The summed E-state index contributed by atoms with van der Waals surface area (Å²) >= 11 is 1.83. The van der Waals surface area contributed by atoms with Crippen molar-refractivity contribution in [2.24, 2.45) is 5.92 Å². The Kier molecular flexibility index (Phi) is 6.38. The zero-order valence-corrected chi connectivity index (χ0v) is 14.1. The highest BCUT2D eigenvalue weighted by atomic mass is 33.1. The highest BCUT2D eigenvalue weighted by Crippen LogP contribution is 2.36. The first-order valence-electron chi connectivity index (χ1n) is 6.63. The predicted octanol–water partition coefficient (Wildman–Crippen LogP) is 3.86. The van der Waals surface area contributed by atoms with Crippen molar-refractivity contribution in [3.63, 3.8) is 0 Å². The van der Waals surface area contributed by atoms with Crippen LogP contribution in [0.15, 0.2) is 12.1 Å². The molecule has 0 saturated heterocycles. The fraction of sp³-hybridized carbons (Fsp3) is 0.538. The predicted molar refractivity (Wildman–Crippen MR) is 92.0 cm³/mol. The summed E-state index contributed by atoms with van der Waals surface area (Å²) in [6.45, 7) is 4.31. The molecule has 20 heavy (non-hydrogen) atoms. The first kappa shape index (κ1) is 15.9. The van der Waals surface area contributed by atoms with E-state index in [1.54, 1.807) is 21.6 Å². The Morgan fingerprint density at radius 2 is 2.45 bits per heavy atom. The van der Waals surface area contributed by atoms with Crippen LogP contribution >= 0.6 is 33.3 Å². The Morgan fingerprint density at radius 1 is 1.60 bits per heavy atom. The van der Waals surface area contributed by atoms with Crippen LogP contribution in [0, 0.1) is 5.92 Å². The van der Waals surface area contributed by atoms with Gasteiger partial charge >= 0.3 is 0 Å². The van der Waals surface area contributed by atoms with Gasteiger partial charge in [0, 0.05) is 34.7 Å². The fourth-order valence-corrected chi connectivity index (χ4v) is 4.52. The molecule has 0 aromatic carbocycles. The maximum atomic E-state index is 11.8. The Labute approximate surface area is 131 Å². The number of hydrogen-bond acceptors (Lipinski definition) is 5. The molecule has 0 bridgehead atoms. The van der Waals surface area contributed by atoms with Gasteiger partial charge in [-0.15, -0.1) is 11.8 Å². The second-order valence-electron chi connectivity index (χ2n) is 4.51. The van der Waals surface area contributed by atoms with E-state index in [2.05, 4.69) is 35.4 Å².